The van der Waals surface area contributed by atoms with Crippen molar-refractivity contribution in [1.29, 1.82) is 0 Å². The molecule has 0 saturated heterocycles. The summed E-state index contributed by atoms with van der Waals surface area (Å²) in [6.45, 7) is 6.13. The lowest BCUT2D eigenvalue weighted by atomic mass is 9.99. The van der Waals surface area contributed by atoms with Crippen molar-refractivity contribution in [2.75, 3.05) is 6.26 Å². The van der Waals surface area contributed by atoms with Crippen molar-refractivity contribution < 1.29 is 12.9 Å². The van der Waals surface area contributed by atoms with Crippen LogP contribution in [0.2, 0.25) is 12.6 Å². The smallest absolute Gasteiger partial charge is 0.146 e. The first-order chi connectivity index (χ1) is 13.3. The molecule has 151 valence electrons. The van der Waals surface area contributed by atoms with E-state index in [2.05, 4.69) is 30.0 Å². The first-order valence-corrected chi connectivity index (χ1v) is 13.1. The predicted molar refractivity (Wildman–Crippen MR) is 119 cm³/mol. The standard InChI is InChI=1S/C19H25N3O3S2Si/c1-13-9-15(10-14(2)12-28(4,24-26)25-27-3)19(23)18(11-13)22-20-16-7-5-6-8-17(16)21-22/h5-9,11,14,23,26H,10,12H2,1-4H3/q-1. The third-order valence-corrected chi connectivity index (χ3v) is 9.62. The van der Waals surface area contributed by atoms with E-state index in [1.807, 2.05) is 56.1 Å². The monoisotopic (exact) mass is 435 g/mol. The van der Waals surface area contributed by atoms with Gasteiger partial charge in [0.1, 0.15) is 31.0 Å². The highest BCUT2D eigenvalue weighted by Gasteiger charge is 2.22. The van der Waals surface area contributed by atoms with Crippen LogP contribution < -0.4 is 0 Å². The van der Waals surface area contributed by atoms with Crippen LogP contribution in [0.4, 0.5) is 0 Å². The van der Waals surface area contributed by atoms with Gasteiger partial charge in [-0.05, 0) is 42.7 Å². The van der Waals surface area contributed by atoms with Crippen LogP contribution in [0.3, 0.4) is 0 Å². The second kappa shape index (κ2) is 8.87. The fourth-order valence-corrected chi connectivity index (χ4v) is 7.24. The molecule has 6 nitrogen and oxygen atoms in total. The Balaban J connectivity index is 1.88. The Labute approximate surface area is 176 Å². The number of thiol groups is 1. The van der Waals surface area contributed by atoms with Gasteiger partial charge in [-0.3, -0.25) is 0 Å². The minimum Gasteiger partial charge on any atom is -0.505 e. The molecule has 0 aliphatic rings. The quantitative estimate of drug-likeness (QED) is 0.300. The number of hydrogen-bond donors (Lipinski definition) is 2. The number of nitrogens with zero attached hydrogens (tertiary/aromatic N) is 3. The maximum absolute atomic E-state index is 10.9. The lowest BCUT2D eigenvalue weighted by Gasteiger charge is -2.38. The van der Waals surface area contributed by atoms with Gasteiger partial charge in [-0.25, -0.2) is 0 Å². The van der Waals surface area contributed by atoms with Crippen molar-refractivity contribution in [3.05, 3.63) is 47.5 Å². The highest BCUT2D eigenvalue weighted by molar-refractivity contribution is 7.95. The molecule has 0 spiro atoms. The molecule has 2 unspecified atom stereocenters. The summed E-state index contributed by atoms with van der Waals surface area (Å²) in [6.07, 6.45) is 2.57. The molecular weight excluding hydrogens is 410 g/mol. The summed E-state index contributed by atoms with van der Waals surface area (Å²) in [5.74, 6) is 0.458. The fourth-order valence-electron chi connectivity index (χ4n) is 3.45. The van der Waals surface area contributed by atoms with E-state index in [9.17, 15) is 5.11 Å². The maximum Gasteiger partial charge on any atom is 0.146 e. The maximum atomic E-state index is 10.9. The highest BCUT2D eigenvalue weighted by atomic mass is 32.2. The summed E-state index contributed by atoms with van der Waals surface area (Å²) in [7, 11) is -2.36. The van der Waals surface area contributed by atoms with Crippen molar-refractivity contribution in [2.24, 2.45) is 5.92 Å². The largest absolute Gasteiger partial charge is 0.505 e. The van der Waals surface area contributed by atoms with Gasteiger partial charge in [0.2, 0.25) is 0 Å². The number of benzene rings is 2. The van der Waals surface area contributed by atoms with Crippen molar-refractivity contribution in [3.8, 4) is 11.4 Å². The van der Waals surface area contributed by atoms with E-state index < -0.39 is 8.56 Å². The van der Waals surface area contributed by atoms with Gasteiger partial charge in [-0.1, -0.05) is 56.0 Å². The van der Waals surface area contributed by atoms with Crippen LogP contribution in [0.15, 0.2) is 36.4 Å². The number of hydrogen-bond acceptors (Lipinski definition) is 7. The van der Waals surface area contributed by atoms with Crippen molar-refractivity contribution in [2.45, 2.75) is 32.9 Å². The molecule has 2 aromatic carbocycles. The van der Waals surface area contributed by atoms with Crippen LogP contribution in [0.5, 0.6) is 5.75 Å². The summed E-state index contributed by atoms with van der Waals surface area (Å²) >= 11 is 5.32. The molecule has 28 heavy (non-hydrogen) atoms. The van der Waals surface area contributed by atoms with Crippen LogP contribution in [0, 0.1) is 12.8 Å². The summed E-state index contributed by atoms with van der Waals surface area (Å²) in [5, 5.41) is 19.9. The molecule has 3 rings (SSSR count). The third-order valence-electron chi connectivity index (χ3n) is 4.56. The molecule has 0 aliphatic carbocycles. The van der Waals surface area contributed by atoms with Crippen LogP contribution in [0.25, 0.3) is 16.7 Å². The molecule has 3 aromatic rings. The Bertz CT molecular complexity index is 936. The summed E-state index contributed by atoms with van der Waals surface area (Å²) in [4.78, 5) is 1.51. The SMILES string of the molecule is CSO[Si-](C)(CC(C)Cc1cc(C)cc(-n2nc3ccccc3n2)c1O)OS. The number of aromatic hydroxyl groups is 1. The molecule has 0 amide bonds. The average Bonchev–Trinajstić information content (AvgIpc) is 3.08. The molecule has 0 bridgehead atoms. The van der Waals surface area contributed by atoms with Gasteiger partial charge < -0.3 is 12.9 Å². The Hall–Kier alpha value is -1.52. The number of fused-ring (bicyclic) bond motifs is 1. The zero-order chi connectivity index (χ0) is 20.3. The summed E-state index contributed by atoms with van der Waals surface area (Å²) in [6, 6.07) is 12.3. The van der Waals surface area contributed by atoms with Crippen molar-refractivity contribution in [1.82, 2.24) is 15.0 Å². The van der Waals surface area contributed by atoms with E-state index in [0.29, 0.717) is 12.1 Å². The third kappa shape index (κ3) is 4.72. The average molecular weight is 436 g/mol. The van der Waals surface area contributed by atoms with Gasteiger partial charge in [-0.2, -0.15) is 0 Å². The van der Waals surface area contributed by atoms with Crippen LogP contribution >= 0.6 is 25.0 Å². The van der Waals surface area contributed by atoms with Crippen LogP contribution in [0.1, 0.15) is 18.1 Å². The highest BCUT2D eigenvalue weighted by Crippen LogP contribution is 2.32. The lowest BCUT2D eigenvalue weighted by molar-refractivity contribution is 0.432. The molecule has 1 aromatic heterocycles. The number of aromatic nitrogens is 3. The first kappa shape index (κ1) is 21.2. The second-order valence-corrected chi connectivity index (χ2v) is 11.7. The van der Waals surface area contributed by atoms with E-state index in [0.717, 1.165) is 28.2 Å². The van der Waals surface area contributed by atoms with Gasteiger partial charge in [0.05, 0.1) is 0 Å². The number of aryl methyl sites for hydroxylation is 1. The molecule has 1 heterocycles. The Kier molecular flexibility index (Phi) is 6.72. The normalized spacial score (nSPS) is 14.9. The lowest BCUT2D eigenvalue weighted by Crippen LogP contribution is -2.35. The minimum absolute atomic E-state index is 0.207. The Morgan fingerprint density at radius 1 is 1.25 bits per heavy atom. The second-order valence-electron chi connectivity index (χ2n) is 7.26. The van der Waals surface area contributed by atoms with E-state index in [1.54, 1.807) is 0 Å². The number of phenols is 1. The Morgan fingerprint density at radius 2 is 1.89 bits per heavy atom. The van der Waals surface area contributed by atoms with Crippen molar-refractivity contribution in [3.63, 3.8) is 0 Å². The molecule has 0 fully saturated rings. The zero-order valence-corrected chi connectivity index (χ0v) is 19.1. The fraction of sp³-hybridized carbons (Fsp3) is 0.368. The number of rotatable bonds is 8. The van der Waals surface area contributed by atoms with Crippen molar-refractivity contribution >= 4 is 44.5 Å². The van der Waals surface area contributed by atoms with E-state index in [4.69, 9.17) is 7.74 Å². The molecule has 0 radical (unpaired) electrons. The molecule has 1 N–H and O–H groups in total. The van der Waals surface area contributed by atoms with Gasteiger partial charge in [0.15, 0.2) is 0 Å². The van der Waals surface area contributed by atoms with Gasteiger partial charge in [0.25, 0.3) is 0 Å². The van der Waals surface area contributed by atoms with Crippen LogP contribution in [-0.2, 0) is 14.2 Å². The minimum atomic E-state index is -2.36. The summed E-state index contributed by atoms with van der Waals surface area (Å²) < 4.78 is 11.1. The van der Waals surface area contributed by atoms with E-state index >= 15 is 0 Å². The topological polar surface area (TPSA) is 69.4 Å². The van der Waals surface area contributed by atoms with E-state index in [-0.39, 0.29) is 11.7 Å². The first-order valence-electron chi connectivity index (χ1n) is 9.04. The summed E-state index contributed by atoms with van der Waals surface area (Å²) in [5.41, 5.74) is 4.08. The van der Waals surface area contributed by atoms with Gasteiger partial charge in [0, 0.05) is 6.26 Å². The van der Waals surface area contributed by atoms with E-state index in [1.165, 1.54) is 16.8 Å². The predicted octanol–water partition coefficient (Wildman–Crippen LogP) is 4.84. The molecule has 9 heteroatoms. The molecule has 0 aliphatic heterocycles. The molecule has 2 atom stereocenters. The van der Waals surface area contributed by atoms with Gasteiger partial charge in [-0.15, -0.1) is 27.6 Å². The molecule has 0 saturated carbocycles. The van der Waals surface area contributed by atoms with Gasteiger partial charge >= 0.3 is 0 Å². The Morgan fingerprint density at radius 3 is 2.46 bits per heavy atom. The zero-order valence-electron chi connectivity index (χ0n) is 16.4. The molecular formula is C19H25N3O3S2Si-. The van der Waals surface area contributed by atoms with Crippen LogP contribution in [-0.4, -0.2) is 34.9 Å². The number of phenolic OH excluding ortho intramolecular Hbond substituents is 1.